The van der Waals surface area contributed by atoms with Crippen molar-refractivity contribution in [2.75, 3.05) is 7.11 Å². The van der Waals surface area contributed by atoms with Crippen molar-refractivity contribution < 1.29 is 38.5 Å². The van der Waals surface area contributed by atoms with E-state index in [9.17, 15) is 24.3 Å². The van der Waals surface area contributed by atoms with Crippen molar-refractivity contribution in [2.45, 2.75) is 51.6 Å². The van der Waals surface area contributed by atoms with Crippen molar-refractivity contribution in [3.63, 3.8) is 0 Å². The molecule has 0 saturated carbocycles. The zero-order valence-electron chi connectivity index (χ0n) is 21.6. The number of aliphatic carboxylic acids is 1. The van der Waals surface area contributed by atoms with Crippen molar-refractivity contribution >= 4 is 35.0 Å². The number of fused-ring (bicyclic) bond motifs is 1. The van der Waals surface area contributed by atoms with Crippen molar-refractivity contribution in [1.82, 2.24) is 15.2 Å². The van der Waals surface area contributed by atoms with E-state index >= 15 is 0 Å². The Morgan fingerprint density at radius 2 is 1.61 bits per heavy atom. The summed E-state index contributed by atoms with van der Waals surface area (Å²) >= 11 is 0. The molecule has 0 bridgehead atoms. The van der Waals surface area contributed by atoms with E-state index in [0.717, 1.165) is 5.56 Å². The molecule has 0 fully saturated rings. The fraction of sp³-hybridized carbons (Fsp3) is 0.333. The number of carboxylic acids is 1. The van der Waals surface area contributed by atoms with Gasteiger partial charge < -0.3 is 29.2 Å². The summed E-state index contributed by atoms with van der Waals surface area (Å²) in [6.45, 7) is 5.04. The molecule has 3 N–H and O–H groups in total. The highest BCUT2D eigenvalue weighted by molar-refractivity contribution is 5.89. The summed E-state index contributed by atoms with van der Waals surface area (Å²) < 4.78 is 16.7. The number of amides is 2. The number of ether oxygens (including phenoxy) is 3. The van der Waals surface area contributed by atoms with Gasteiger partial charge in [0.25, 0.3) is 0 Å². The molecule has 1 unspecified atom stereocenters. The van der Waals surface area contributed by atoms with Crippen molar-refractivity contribution in [2.24, 2.45) is 0 Å². The maximum Gasteiger partial charge on any atom is 0.409 e. The largest absolute Gasteiger partial charge is 0.478 e. The Kier molecular flexibility index (Phi) is 8.95. The van der Waals surface area contributed by atoms with Crippen LogP contribution in [0.25, 0.3) is 10.9 Å². The molecule has 0 aliphatic rings. The second-order valence-electron chi connectivity index (χ2n) is 9.45. The third kappa shape index (κ3) is 7.48. The second kappa shape index (κ2) is 12.1. The third-order valence-corrected chi connectivity index (χ3v) is 5.40. The van der Waals surface area contributed by atoms with E-state index in [1.165, 1.54) is 17.9 Å². The molecule has 0 aliphatic carbocycles. The highest BCUT2D eigenvalue weighted by Crippen LogP contribution is 2.26. The molecule has 0 spiro atoms. The summed E-state index contributed by atoms with van der Waals surface area (Å²) in [5, 5.41) is 15.4. The van der Waals surface area contributed by atoms with E-state index in [2.05, 4.69) is 10.6 Å². The van der Waals surface area contributed by atoms with E-state index in [1.807, 2.05) is 6.07 Å². The molecule has 3 aromatic rings. The Labute approximate surface area is 219 Å². The van der Waals surface area contributed by atoms with Gasteiger partial charge in [0.2, 0.25) is 6.17 Å². The Hall–Kier alpha value is -4.54. The minimum Gasteiger partial charge on any atom is -0.478 e. The monoisotopic (exact) mass is 525 g/mol. The minimum absolute atomic E-state index is 0.0236. The number of para-hydroxylation sites is 1. The normalized spacial score (nSPS) is 12.7. The van der Waals surface area contributed by atoms with Crippen LogP contribution in [-0.2, 0) is 36.8 Å². The molecule has 0 aliphatic heterocycles. The van der Waals surface area contributed by atoms with Gasteiger partial charge in [-0.3, -0.25) is 5.32 Å². The lowest BCUT2D eigenvalue weighted by molar-refractivity contribution is -0.143. The van der Waals surface area contributed by atoms with Gasteiger partial charge in [-0.25, -0.2) is 19.2 Å². The number of nitrogens with zero attached hydrogens (tertiary/aromatic N) is 1. The van der Waals surface area contributed by atoms with Crippen LogP contribution in [0.15, 0.2) is 60.8 Å². The fourth-order valence-corrected chi connectivity index (χ4v) is 3.79. The predicted octanol–water partition coefficient (Wildman–Crippen LogP) is 3.76. The number of esters is 1. The first-order chi connectivity index (χ1) is 18.0. The number of nitrogens with one attached hydrogen (secondary N) is 2. The second-order valence-corrected chi connectivity index (χ2v) is 9.45. The standard InChI is InChI=1S/C27H31N3O8/c1-27(2,3)38-26(35)28-20(24(33)36-4)14-18-15-30(21-13-9-8-12-19(18)21)22(23(31)32)29-25(34)37-16-17-10-6-5-7-11-17/h5-13,15,20,22H,14,16H2,1-4H3,(H,28,35)(H,29,34)(H,31,32)/t20-,22?/m0/s1. The van der Waals surface area contributed by atoms with E-state index < -0.39 is 41.9 Å². The lowest BCUT2D eigenvalue weighted by Crippen LogP contribution is -2.45. The van der Waals surface area contributed by atoms with Crippen LogP contribution in [-0.4, -0.2) is 52.6 Å². The molecule has 38 heavy (non-hydrogen) atoms. The summed E-state index contributed by atoms with van der Waals surface area (Å²) in [5.74, 6) is -2.03. The lowest BCUT2D eigenvalue weighted by Gasteiger charge is -2.22. The number of aromatic nitrogens is 1. The van der Waals surface area contributed by atoms with Crippen LogP contribution in [0.3, 0.4) is 0 Å². The Balaban J connectivity index is 1.86. The van der Waals surface area contributed by atoms with Crippen LogP contribution in [0, 0.1) is 0 Å². The Bertz CT molecular complexity index is 1300. The molecule has 0 radical (unpaired) electrons. The first kappa shape index (κ1) is 28.0. The molecule has 1 aromatic heterocycles. The summed E-state index contributed by atoms with van der Waals surface area (Å²) in [5.41, 5.74) is 0.988. The number of carboxylic acid groups (broad SMARTS) is 1. The van der Waals surface area contributed by atoms with Crippen LogP contribution in [0.5, 0.6) is 0 Å². The molecule has 11 heteroatoms. The highest BCUT2D eigenvalue weighted by Gasteiger charge is 2.29. The summed E-state index contributed by atoms with van der Waals surface area (Å²) in [4.78, 5) is 49.5. The first-order valence-electron chi connectivity index (χ1n) is 11.8. The molecule has 2 atom stereocenters. The maximum atomic E-state index is 12.5. The third-order valence-electron chi connectivity index (χ3n) is 5.40. The highest BCUT2D eigenvalue weighted by atomic mass is 16.6. The molecule has 3 rings (SSSR count). The van der Waals surface area contributed by atoms with Crippen molar-refractivity contribution in [1.29, 1.82) is 0 Å². The molecular formula is C27H31N3O8. The van der Waals surface area contributed by atoms with Gasteiger partial charge >= 0.3 is 24.1 Å². The molecule has 0 saturated heterocycles. The van der Waals surface area contributed by atoms with Gasteiger partial charge in [0.15, 0.2) is 0 Å². The molecule has 2 amide bonds. The molecule has 202 valence electrons. The van der Waals surface area contributed by atoms with Crippen LogP contribution >= 0.6 is 0 Å². The number of benzene rings is 2. The number of rotatable bonds is 9. The fourth-order valence-electron chi connectivity index (χ4n) is 3.79. The summed E-state index contributed by atoms with van der Waals surface area (Å²) in [6.07, 6.45) is -1.74. The average molecular weight is 526 g/mol. The quantitative estimate of drug-likeness (QED) is 0.283. The number of carbonyl (C=O) groups excluding carboxylic acids is 3. The van der Waals surface area contributed by atoms with Gasteiger partial charge in [-0.15, -0.1) is 0 Å². The van der Waals surface area contributed by atoms with E-state index in [4.69, 9.17) is 14.2 Å². The molecule has 11 nitrogen and oxygen atoms in total. The SMILES string of the molecule is COC(=O)[C@H](Cc1cn(C(NC(=O)OCc2ccccc2)C(=O)O)c2ccccc12)NC(=O)OC(C)(C)C. The lowest BCUT2D eigenvalue weighted by atomic mass is 10.1. The molecule has 2 aromatic carbocycles. The van der Waals surface area contributed by atoms with Gasteiger partial charge in [-0.2, -0.15) is 0 Å². The van der Waals surface area contributed by atoms with Gasteiger partial charge in [0, 0.05) is 18.0 Å². The number of carbonyl (C=O) groups is 4. The van der Waals surface area contributed by atoms with E-state index in [1.54, 1.807) is 69.3 Å². The predicted molar refractivity (Wildman–Crippen MR) is 137 cm³/mol. The van der Waals surface area contributed by atoms with Crippen LogP contribution in [0.1, 0.15) is 38.1 Å². The first-order valence-corrected chi connectivity index (χ1v) is 11.8. The van der Waals surface area contributed by atoms with Gasteiger partial charge in [-0.1, -0.05) is 48.5 Å². The van der Waals surface area contributed by atoms with Crippen LogP contribution in [0.2, 0.25) is 0 Å². The summed E-state index contributed by atoms with van der Waals surface area (Å²) in [6, 6.07) is 14.7. The van der Waals surface area contributed by atoms with Crippen molar-refractivity contribution in [3.8, 4) is 0 Å². The zero-order chi connectivity index (χ0) is 27.9. The Morgan fingerprint density at radius 1 is 0.947 bits per heavy atom. The summed E-state index contributed by atoms with van der Waals surface area (Å²) in [7, 11) is 1.20. The number of hydrogen-bond acceptors (Lipinski definition) is 7. The number of hydrogen-bond donors (Lipinski definition) is 3. The van der Waals surface area contributed by atoms with E-state index in [-0.39, 0.29) is 13.0 Å². The minimum atomic E-state index is -1.51. The smallest absolute Gasteiger partial charge is 0.409 e. The van der Waals surface area contributed by atoms with Gasteiger partial charge in [-0.05, 0) is 38.0 Å². The van der Waals surface area contributed by atoms with Crippen LogP contribution in [0.4, 0.5) is 9.59 Å². The number of alkyl carbamates (subject to hydrolysis) is 2. The van der Waals surface area contributed by atoms with Gasteiger partial charge in [0.1, 0.15) is 18.2 Å². The molecular weight excluding hydrogens is 494 g/mol. The zero-order valence-corrected chi connectivity index (χ0v) is 21.6. The van der Waals surface area contributed by atoms with Gasteiger partial charge in [0.05, 0.1) is 12.6 Å². The average Bonchev–Trinajstić information content (AvgIpc) is 3.22. The van der Waals surface area contributed by atoms with Crippen molar-refractivity contribution in [3.05, 3.63) is 71.9 Å². The topological polar surface area (TPSA) is 145 Å². The van der Waals surface area contributed by atoms with E-state index in [0.29, 0.717) is 16.5 Å². The van der Waals surface area contributed by atoms with Crippen LogP contribution < -0.4 is 10.6 Å². The maximum absolute atomic E-state index is 12.5. The number of methoxy groups -OCH3 is 1. The Morgan fingerprint density at radius 3 is 2.24 bits per heavy atom. The molecule has 1 heterocycles.